The Morgan fingerprint density at radius 3 is 2.78 bits per heavy atom. The molecule has 18 heavy (non-hydrogen) atoms. The fourth-order valence-corrected chi connectivity index (χ4v) is 2.31. The molecule has 102 valence electrons. The number of rotatable bonds is 8. The van der Waals surface area contributed by atoms with Crippen LogP contribution in [0, 0.1) is 6.92 Å². The smallest absolute Gasteiger partial charge is 0.122 e. The molecule has 0 radical (unpaired) electrons. The highest BCUT2D eigenvalue weighted by molar-refractivity contribution is 9.10. The normalized spacial score (nSPS) is 12.4. The van der Waals surface area contributed by atoms with Crippen LogP contribution < -0.4 is 10.1 Å². The van der Waals surface area contributed by atoms with Gasteiger partial charge in [0, 0.05) is 4.47 Å². The van der Waals surface area contributed by atoms with Crippen LogP contribution in [0.4, 0.5) is 0 Å². The lowest BCUT2D eigenvalue weighted by atomic mass is 10.2. The van der Waals surface area contributed by atoms with Gasteiger partial charge in [-0.05, 0) is 70.0 Å². The van der Waals surface area contributed by atoms with Gasteiger partial charge in [0.1, 0.15) is 5.75 Å². The molecular formula is C15H24BrNO. The van der Waals surface area contributed by atoms with Crippen LogP contribution in [0.3, 0.4) is 0 Å². The monoisotopic (exact) mass is 313 g/mol. The van der Waals surface area contributed by atoms with Gasteiger partial charge in [0.05, 0.1) is 6.10 Å². The lowest BCUT2D eigenvalue weighted by Crippen LogP contribution is -2.19. The summed E-state index contributed by atoms with van der Waals surface area (Å²) in [7, 11) is 0. The van der Waals surface area contributed by atoms with E-state index in [1.54, 1.807) is 0 Å². The van der Waals surface area contributed by atoms with Gasteiger partial charge in [-0.3, -0.25) is 0 Å². The Morgan fingerprint density at radius 2 is 2.11 bits per heavy atom. The van der Waals surface area contributed by atoms with Gasteiger partial charge < -0.3 is 10.1 Å². The van der Waals surface area contributed by atoms with Crippen LogP contribution in [-0.2, 0) is 0 Å². The summed E-state index contributed by atoms with van der Waals surface area (Å²) < 4.78 is 7.06. The van der Waals surface area contributed by atoms with E-state index in [-0.39, 0.29) is 6.10 Å². The van der Waals surface area contributed by atoms with Gasteiger partial charge >= 0.3 is 0 Å². The molecule has 0 aliphatic rings. The van der Waals surface area contributed by atoms with Crippen molar-refractivity contribution in [3.05, 3.63) is 28.2 Å². The van der Waals surface area contributed by atoms with Crippen LogP contribution >= 0.6 is 15.9 Å². The van der Waals surface area contributed by atoms with E-state index in [2.05, 4.69) is 48.1 Å². The first-order valence-corrected chi connectivity index (χ1v) is 7.56. The minimum Gasteiger partial charge on any atom is -0.490 e. The van der Waals surface area contributed by atoms with Gasteiger partial charge in [-0.25, -0.2) is 0 Å². The minimum atomic E-state index is 0.272. The molecule has 1 aromatic rings. The molecule has 1 atom stereocenters. The van der Waals surface area contributed by atoms with Crippen LogP contribution in [0.2, 0.25) is 0 Å². The molecule has 0 bridgehead atoms. The molecule has 0 heterocycles. The van der Waals surface area contributed by atoms with Crippen molar-refractivity contribution in [3.63, 3.8) is 0 Å². The molecular weight excluding hydrogens is 290 g/mol. The fourth-order valence-electron chi connectivity index (χ4n) is 1.84. The third-order valence-corrected chi connectivity index (χ3v) is 3.35. The zero-order valence-corrected chi connectivity index (χ0v) is 13.2. The third-order valence-electron chi connectivity index (χ3n) is 2.86. The second-order valence-electron chi connectivity index (χ2n) is 4.73. The van der Waals surface area contributed by atoms with Gasteiger partial charge in [-0.2, -0.15) is 0 Å². The maximum atomic E-state index is 5.96. The Labute approximate surface area is 119 Å². The second-order valence-corrected chi connectivity index (χ2v) is 5.65. The highest BCUT2D eigenvalue weighted by atomic mass is 79.9. The topological polar surface area (TPSA) is 21.3 Å². The zero-order chi connectivity index (χ0) is 13.4. The molecule has 1 unspecified atom stereocenters. The highest BCUT2D eigenvalue weighted by Gasteiger charge is 2.06. The summed E-state index contributed by atoms with van der Waals surface area (Å²) in [6, 6.07) is 6.15. The number of benzene rings is 1. The summed E-state index contributed by atoms with van der Waals surface area (Å²) in [6.07, 6.45) is 3.72. The Hall–Kier alpha value is -0.540. The largest absolute Gasteiger partial charge is 0.490 e. The first-order valence-electron chi connectivity index (χ1n) is 6.77. The molecule has 1 aromatic carbocycles. The molecule has 0 aliphatic heterocycles. The molecule has 0 saturated carbocycles. The van der Waals surface area contributed by atoms with Crippen LogP contribution in [-0.4, -0.2) is 19.2 Å². The molecule has 0 amide bonds. The summed E-state index contributed by atoms with van der Waals surface area (Å²) in [5, 5.41) is 3.41. The van der Waals surface area contributed by atoms with E-state index in [0.717, 1.165) is 36.2 Å². The van der Waals surface area contributed by atoms with Crippen LogP contribution in [0.15, 0.2) is 22.7 Å². The SMILES string of the molecule is CCCNCCCC(C)Oc1ccc(Br)cc1C. The first-order chi connectivity index (χ1) is 8.63. The van der Waals surface area contributed by atoms with Crippen molar-refractivity contribution in [1.82, 2.24) is 5.32 Å². The number of halogens is 1. The number of aryl methyl sites for hydroxylation is 1. The summed E-state index contributed by atoms with van der Waals surface area (Å²) in [6.45, 7) is 8.61. The lowest BCUT2D eigenvalue weighted by molar-refractivity contribution is 0.206. The molecule has 1 N–H and O–H groups in total. The maximum Gasteiger partial charge on any atom is 0.122 e. The molecule has 1 rings (SSSR count). The quantitative estimate of drug-likeness (QED) is 0.722. The predicted molar refractivity (Wildman–Crippen MR) is 81.4 cm³/mol. The van der Waals surface area contributed by atoms with Crippen molar-refractivity contribution in [2.75, 3.05) is 13.1 Å². The van der Waals surface area contributed by atoms with Gasteiger partial charge in [0.15, 0.2) is 0 Å². The third kappa shape index (κ3) is 5.87. The van der Waals surface area contributed by atoms with Gasteiger partial charge in [0.2, 0.25) is 0 Å². The van der Waals surface area contributed by atoms with Crippen LogP contribution in [0.25, 0.3) is 0 Å². The van der Waals surface area contributed by atoms with Gasteiger partial charge in [0.25, 0.3) is 0 Å². The molecule has 2 nitrogen and oxygen atoms in total. The molecule has 0 aromatic heterocycles. The summed E-state index contributed by atoms with van der Waals surface area (Å²) >= 11 is 3.46. The van der Waals surface area contributed by atoms with E-state index in [0.29, 0.717) is 0 Å². The van der Waals surface area contributed by atoms with E-state index in [4.69, 9.17) is 4.74 Å². The van der Waals surface area contributed by atoms with E-state index in [1.165, 1.54) is 12.0 Å². The average molecular weight is 314 g/mol. The number of hydrogen-bond acceptors (Lipinski definition) is 2. The van der Waals surface area contributed by atoms with Crippen LogP contribution in [0.5, 0.6) is 5.75 Å². The Morgan fingerprint density at radius 1 is 1.33 bits per heavy atom. The lowest BCUT2D eigenvalue weighted by Gasteiger charge is -2.16. The molecule has 0 fully saturated rings. The van der Waals surface area contributed by atoms with Crippen LogP contribution in [0.1, 0.15) is 38.7 Å². The van der Waals surface area contributed by atoms with Crippen molar-refractivity contribution in [3.8, 4) is 5.75 Å². The Bertz CT molecular complexity index is 354. The van der Waals surface area contributed by atoms with E-state index in [9.17, 15) is 0 Å². The first kappa shape index (κ1) is 15.5. The van der Waals surface area contributed by atoms with E-state index in [1.807, 2.05) is 12.1 Å². The van der Waals surface area contributed by atoms with E-state index < -0.39 is 0 Å². The minimum absolute atomic E-state index is 0.272. The van der Waals surface area contributed by atoms with Crippen molar-refractivity contribution >= 4 is 15.9 Å². The summed E-state index contributed by atoms with van der Waals surface area (Å²) in [4.78, 5) is 0. The van der Waals surface area contributed by atoms with Crippen molar-refractivity contribution in [2.45, 2.75) is 46.1 Å². The zero-order valence-electron chi connectivity index (χ0n) is 11.6. The standard InChI is InChI=1S/C15H24BrNO/c1-4-9-17-10-5-6-13(3)18-15-8-7-14(16)11-12(15)2/h7-8,11,13,17H,4-6,9-10H2,1-3H3. The number of nitrogens with one attached hydrogen (secondary N) is 1. The van der Waals surface area contributed by atoms with Crippen molar-refractivity contribution in [2.24, 2.45) is 0 Å². The van der Waals surface area contributed by atoms with E-state index >= 15 is 0 Å². The number of hydrogen-bond donors (Lipinski definition) is 1. The van der Waals surface area contributed by atoms with Gasteiger partial charge in [-0.1, -0.05) is 22.9 Å². The summed E-state index contributed by atoms with van der Waals surface area (Å²) in [5.74, 6) is 0.993. The van der Waals surface area contributed by atoms with Gasteiger partial charge in [-0.15, -0.1) is 0 Å². The average Bonchev–Trinajstić information content (AvgIpc) is 2.32. The molecule has 3 heteroatoms. The molecule has 0 spiro atoms. The summed E-state index contributed by atoms with van der Waals surface area (Å²) in [5.41, 5.74) is 1.18. The number of ether oxygens (including phenoxy) is 1. The Balaban J connectivity index is 2.28. The van der Waals surface area contributed by atoms with Crippen molar-refractivity contribution < 1.29 is 4.74 Å². The van der Waals surface area contributed by atoms with Crippen molar-refractivity contribution in [1.29, 1.82) is 0 Å². The Kier molecular flexibility index (Phi) is 7.36. The molecule has 0 aliphatic carbocycles. The predicted octanol–water partition coefficient (Wildman–Crippen LogP) is 4.30. The second kappa shape index (κ2) is 8.54. The fraction of sp³-hybridized carbons (Fsp3) is 0.600. The molecule has 0 saturated heterocycles. The highest BCUT2D eigenvalue weighted by Crippen LogP contribution is 2.23. The maximum absolute atomic E-state index is 5.96.